The summed E-state index contributed by atoms with van der Waals surface area (Å²) in [6, 6.07) is 48.9. The van der Waals surface area contributed by atoms with Gasteiger partial charge < -0.3 is 72.0 Å². The monoisotopic (exact) mass is 1140 g/mol. The molecule has 0 radical (unpaired) electrons. The third-order valence-electron chi connectivity index (χ3n) is 17.5. The Balaban J connectivity index is 1.02. The van der Waals surface area contributed by atoms with Crippen LogP contribution in [-0.4, -0.2) is 123 Å². The quantitative estimate of drug-likeness (QED) is 0.0633. The highest BCUT2D eigenvalue weighted by Gasteiger charge is 2.57. The first-order chi connectivity index (χ1) is 40.5. The molecule has 0 saturated carbocycles. The van der Waals surface area contributed by atoms with Crippen LogP contribution in [0.25, 0.3) is 0 Å². The Hall–Kier alpha value is -4.99. The summed E-state index contributed by atoms with van der Waals surface area (Å²) in [5.74, 6) is -0.873. The number of rotatable bonds is 23. The van der Waals surface area contributed by atoms with Gasteiger partial charge in [-0.3, -0.25) is 4.79 Å². The summed E-state index contributed by atoms with van der Waals surface area (Å²) in [4.78, 5) is 13.2. The molecule has 0 aromatic heterocycles. The molecule has 21 atom stereocenters. The smallest absolute Gasteiger partial charge is 0.217 e. The van der Waals surface area contributed by atoms with E-state index in [1.807, 2.05) is 159 Å². The first kappa shape index (κ1) is 61.1. The lowest BCUT2D eigenvalue weighted by Gasteiger charge is -2.53. The number of amides is 1. The molecule has 5 fully saturated rings. The molecule has 448 valence electrons. The number of ether oxygens (including phenoxy) is 13. The zero-order chi connectivity index (χ0) is 57.8. The lowest BCUT2D eigenvalue weighted by Crippen LogP contribution is -2.68. The van der Waals surface area contributed by atoms with Crippen molar-refractivity contribution in [3.05, 3.63) is 179 Å². The van der Waals surface area contributed by atoms with Crippen LogP contribution in [-0.2, 0) is 92.8 Å². The molecule has 16 nitrogen and oxygen atoms in total. The second kappa shape index (κ2) is 29.4. The van der Waals surface area contributed by atoms with E-state index in [4.69, 9.17) is 61.6 Å². The summed E-state index contributed by atoms with van der Waals surface area (Å²) in [7, 11) is 0. The number of benzene rings is 5. The minimum atomic E-state index is -1.15. The standard InChI is InChI=1S/C67H85NO15/c1-8-52-41(2)44(5)59(81-65-58(43(4)42(3)53(34-69)77-65)72-36-48-26-16-10-17-27-48)66(76-52)83-61-60-55(40-75-63(82-60)51-32-22-13-23-33-51)79-67(62(61)73-37-49-28-18-11-19-29-49)80-57-45(6)56(68-46(7)70)64(74-38-50-30-20-12-21-31-50)78-54(57)39-71-35-47-24-14-9-15-25-47/h9-33,41-45,52-67,69H,8,34-40H2,1-7H3,(H,68,70)/t41-,42-,43?,44?,45-,52?,53?,54?,55?,56?,57-,58?,59?,60+,61-,62?,63?,64+,65+,66+,67-/m0/s1. The minimum absolute atomic E-state index is 0.0357. The Morgan fingerprint density at radius 1 is 0.494 bits per heavy atom. The van der Waals surface area contributed by atoms with Gasteiger partial charge in [0.15, 0.2) is 31.5 Å². The maximum atomic E-state index is 13.2. The molecular formula is C67H85NO15. The first-order valence-corrected chi connectivity index (χ1v) is 29.8. The lowest BCUT2D eigenvalue weighted by atomic mass is 9.81. The predicted octanol–water partition coefficient (Wildman–Crippen LogP) is 9.85. The highest BCUT2D eigenvalue weighted by molar-refractivity contribution is 5.73. The normalized spacial score (nSPS) is 35.5. The second-order valence-corrected chi connectivity index (χ2v) is 23.1. The van der Waals surface area contributed by atoms with Crippen molar-refractivity contribution in [2.45, 2.75) is 180 Å². The van der Waals surface area contributed by atoms with Crippen LogP contribution in [0.1, 0.15) is 89.0 Å². The Bertz CT molecular complexity index is 2700. The van der Waals surface area contributed by atoms with Crippen molar-refractivity contribution in [1.29, 1.82) is 0 Å². The van der Waals surface area contributed by atoms with Crippen molar-refractivity contribution in [1.82, 2.24) is 5.32 Å². The molecule has 5 heterocycles. The van der Waals surface area contributed by atoms with Crippen LogP contribution in [0.5, 0.6) is 0 Å². The van der Waals surface area contributed by atoms with Crippen LogP contribution in [0.2, 0.25) is 0 Å². The van der Waals surface area contributed by atoms with Gasteiger partial charge in [-0.25, -0.2) is 0 Å². The number of nitrogens with one attached hydrogen (secondary N) is 1. The Kier molecular flexibility index (Phi) is 21.6. The van der Waals surface area contributed by atoms with Gasteiger partial charge in [-0.15, -0.1) is 0 Å². The molecule has 0 aliphatic carbocycles. The highest BCUT2D eigenvalue weighted by Crippen LogP contribution is 2.44. The summed E-state index contributed by atoms with van der Waals surface area (Å²) >= 11 is 0. The molecule has 83 heavy (non-hydrogen) atoms. The number of carbonyl (C=O) groups excluding carboxylic acids is 1. The van der Waals surface area contributed by atoms with Crippen molar-refractivity contribution in [3.8, 4) is 0 Å². The average molecular weight is 1140 g/mol. The van der Waals surface area contributed by atoms with Gasteiger partial charge in [0.1, 0.15) is 42.7 Å². The van der Waals surface area contributed by atoms with E-state index >= 15 is 0 Å². The van der Waals surface area contributed by atoms with E-state index in [0.717, 1.165) is 27.8 Å². The molecule has 1 amide bonds. The van der Waals surface area contributed by atoms with Gasteiger partial charge in [0, 0.05) is 18.4 Å². The molecular weight excluding hydrogens is 1060 g/mol. The van der Waals surface area contributed by atoms with Crippen molar-refractivity contribution in [2.24, 2.45) is 29.6 Å². The van der Waals surface area contributed by atoms with E-state index in [-0.39, 0.29) is 68.7 Å². The molecule has 5 aliphatic rings. The third kappa shape index (κ3) is 15.2. The largest absolute Gasteiger partial charge is 0.394 e. The fraction of sp³-hybridized carbons (Fsp3) is 0.537. The van der Waals surface area contributed by atoms with Gasteiger partial charge in [-0.1, -0.05) is 193 Å². The molecule has 2 N–H and O–H groups in total. The van der Waals surface area contributed by atoms with E-state index in [9.17, 15) is 9.90 Å². The van der Waals surface area contributed by atoms with E-state index in [1.54, 1.807) is 0 Å². The van der Waals surface area contributed by atoms with E-state index in [2.05, 4.69) is 39.9 Å². The highest BCUT2D eigenvalue weighted by atomic mass is 16.8. The third-order valence-corrected chi connectivity index (χ3v) is 17.5. The van der Waals surface area contributed by atoms with Crippen LogP contribution in [0.3, 0.4) is 0 Å². The van der Waals surface area contributed by atoms with Crippen molar-refractivity contribution in [2.75, 3.05) is 19.8 Å². The fourth-order valence-electron chi connectivity index (χ4n) is 12.3. The Morgan fingerprint density at radius 3 is 1.54 bits per heavy atom. The van der Waals surface area contributed by atoms with E-state index in [0.29, 0.717) is 19.6 Å². The lowest BCUT2D eigenvalue weighted by molar-refractivity contribution is -0.411. The zero-order valence-electron chi connectivity index (χ0n) is 48.9. The summed E-state index contributed by atoms with van der Waals surface area (Å²) < 4.78 is 90.9. The maximum absolute atomic E-state index is 13.2. The van der Waals surface area contributed by atoms with Crippen LogP contribution in [0, 0.1) is 29.6 Å². The molecule has 11 unspecified atom stereocenters. The summed E-state index contributed by atoms with van der Waals surface area (Å²) in [5.41, 5.74) is 4.70. The fourth-order valence-corrected chi connectivity index (χ4v) is 12.3. The van der Waals surface area contributed by atoms with E-state index < -0.39 is 98.3 Å². The molecule has 10 rings (SSSR count). The number of carbonyl (C=O) groups is 1. The molecule has 0 spiro atoms. The van der Waals surface area contributed by atoms with Crippen molar-refractivity contribution < 1.29 is 71.5 Å². The topological polar surface area (TPSA) is 169 Å². The van der Waals surface area contributed by atoms with Crippen LogP contribution < -0.4 is 5.32 Å². The molecule has 5 aromatic carbocycles. The van der Waals surface area contributed by atoms with Crippen molar-refractivity contribution in [3.63, 3.8) is 0 Å². The Morgan fingerprint density at radius 2 is 0.964 bits per heavy atom. The van der Waals surface area contributed by atoms with Crippen LogP contribution in [0.15, 0.2) is 152 Å². The zero-order valence-corrected chi connectivity index (χ0v) is 48.9. The van der Waals surface area contributed by atoms with Gasteiger partial charge in [0.25, 0.3) is 0 Å². The number of hydrogen-bond acceptors (Lipinski definition) is 15. The average Bonchev–Trinajstić information content (AvgIpc) is 3.21. The predicted molar refractivity (Wildman–Crippen MR) is 307 cm³/mol. The first-order valence-electron chi connectivity index (χ1n) is 29.8. The molecule has 0 bridgehead atoms. The SMILES string of the molecule is CCC1O[C@H](O[C@@H]2C(OCc3ccccc3)[C@H](O[C@@H]3C(COCc4ccccc4)O[C@@H](OCc4ccccc4)C(NC(C)=O)[C@@H]3C)OC3COC(c4ccccc4)O[C@H]32)C(O[C@H]2OC(CO)[C@@H](C)C(C)C2OCc2ccccc2)C(C)[C@@H]1C. The molecule has 5 aromatic rings. The second-order valence-electron chi connectivity index (χ2n) is 23.1. The minimum Gasteiger partial charge on any atom is -0.394 e. The van der Waals surface area contributed by atoms with Gasteiger partial charge in [0.05, 0.1) is 70.6 Å². The maximum Gasteiger partial charge on any atom is 0.217 e. The summed E-state index contributed by atoms with van der Waals surface area (Å²) in [6.45, 7) is 15.3. The van der Waals surface area contributed by atoms with Crippen LogP contribution in [0.4, 0.5) is 0 Å². The number of fused-ring (bicyclic) bond motifs is 1. The van der Waals surface area contributed by atoms with Crippen LogP contribution >= 0.6 is 0 Å². The van der Waals surface area contributed by atoms with Gasteiger partial charge in [-0.2, -0.15) is 0 Å². The van der Waals surface area contributed by atoms with E-state index in [1.165, 1.54) is 6.92 Å². The number of aliphatic hydroxyl groups excluding tert-OH is 1. The Labute approximate surface area is 489 Å². The summed E-state index contributed by atoms with van der Waals surface area (Å²) in [5, 5.41) is 13.9. The molecule has 5 aliphatic heterocycles. The van der Waals surface area contributed by atoms with Gasteiger partial charge in [-0.05, 0) is 52.3 Å². The van der Waals surface area contributed by atoms with Crippen molar-refractivity contribution >= 4 is 5.91 Å². The van der Waals surface area contributed by atoms with Gasteiger partial charge >= 0.3 is 0 Å². The molecule has 5 saturated heterocycles. The number of aliphatic hydroxyl groups is 1. The van der Waals surface area contributed by atoms with Gasteiger partial charge in [0.2, 0.25) is 5.91 Å². The summed E-state index contributed by atoms with van der Waals surface area (Å²) in [6.07, 6.45) is -10.9. The molecule has 16 heteroatoms. The number of hydrogen-bond donors (Lipinski definition) is 2.